The number of imidazole rings is 1. The van der Waals surface area contributed by atoms with Crippen LogP contribution in [-0.2, 0) is 4.79 Å². The fourth-order valence-corrected chi connectivity index (χ4v) is 3.69. The Hall–Kier alpha value is -1.32. The largest absolute Gasteiger partial charge is 0.348 e. The highest BCUT2D eigenvalue weighted by Gasteiger charge is 2.30. The Bertz CT molecular complexity index is 421. The minimum absolute atomic E-state index is 0.285. The minimum Gasteiger partial charge on any atom is -0.348 e. The Morgan fingerprint density at radius 2 is 1.95 bits per heavy atom. The molecule has 4 nitrogen and oxygen atoms in total. The highest BCUT2D eigenvalue weighted by Crippen LogP contribution is 2.29. The van der Waals surface area contributed by atoms with Gasteiger partial charge >= 0.3 is 0 Å². The number of aromatic amines is 1. The summed E-state index contributed by atoms with van der Waals surface area (Å²) in [5, 5.41) is 0. The Morgan fingerprint density at radius 3 is 2.65 bits per heavy atom. The van der Waals surface area contributed by atoms with E-state index < -0.39 is 0 Å². The van der Waals surface area contributed by atoms with Crippen molar-refractivity contribution in [1.82, 2.24) is 14.9 Å². The average Bonchev–Trinajstić information content (AvgIpc) is 2.89. The van der Waals surface area contributed by atoms with Crippen LogP contribution in [0.4, 0.5) is 0 Å². The normalized spacial score (nSPS) is 25.4. The van der Waals surface area contributed by atoms with Crippen molar-refractivity contribution >= 4 is 5.91 Å². The molecule has 1 aromatic rings. The lowest BCUT2D eigenvalue weighted by Crippen LogP contribution is -2.42. The van der Waals surface area contributed by atoms with E-state index in [9.17, 15) is 4.79 Å². The van der Waals surface area contributed by atoms with Crippen LogP contribution in [0.5, 0.6) is 0 Å². The maximum absolute atomic E-state index is 12.7. The van der Waals surface area contributed by atoms with Gasteiger partial charge in [-0.05, 0) is 25.7 Å². The molecule has 1 aliphatic carbocycles. The highest BCUT2D eigenvalue weighted by atomic mass is 16.2. The number of carbonyl (C=O) groups excluding carboxylic acids is 1. The van der Waals surface area contributed by atoms with Gasteiger partial charge in [0.2, 0.25) is 5.91 Å². The second-order valence-electron chi connectivity index (χ2n) is 6.29. The minimum atomic E-state index is 0.285. The molecule has 3 rings (SSSR count). The number of nitrogens with one attached hydrogen (secondary N) is 1. The molecular formula is C16H25N3O. The van der Waals surface area contributed by atoms with Crippen molar-refractivity contribution in [2.45, 2.75) is 57.3 Å². The van der Waals surface area contributed by atoms with Gasteiger partial charge in [-0.25, -0.2) is 4.98 Å². The molecular weight excluding hydrogens is 250 g/mol. The summed E-state index contributed by atoms with van der Waals surface area (Å²) in [6, 6.07) is 0. The van der Waals surface area contributed by atoms with Crippen LogP contribution in [0.2, 0.25) is 0 Å². The van der Waals surface area contributed by atoms with Crippen LogP contribution in [0.3, 0.4) is 0 Å². The van der Waals surface area contributed by atoms with Crippen LogP contribution < -0.4 is 0 Å². The number of nitrogens with zero attached hydrogens (tertiary/aromatic N) is 2. The van der Waals surface area contributed by atoms with E-state index in [1.165, 1.54) is 25.7 Å². The molecule has 1 saturated heterocycles. The lowest BCUT2D eigenvalue weighted by atomic mass is 9.93. The highest BCUT2D eigenvalue weighted by molar-refractivity contribution is 5.79. The number of hydrogen-bond donors (Lipinski definition) is 1. The molecule has 4 heteroatoms. The Kier molecular flexibility index (Phi) is 4.38. The molecule has 110 valence electrons. The topological polar surface area (TPSA) is 49.0 Å². The first-order chi connectivity index (χ1) is 9.84. The summed E-state index contributed by atoms with van der Waals surface area (Å²) in [5.41, 5.74) is 0. The van der Waals surface area contributed by atoms with Crippen molar-refractivity contribution in [3.05, 3.63) is 18.2 Å². The van der Waals surface area contributed by atoms with Crippen LogP contribution in [-0.4, -0.2) is 33.9 Å². The molecule has 0 radical (unpaired) electrons. The van der Waals surface area contributed by atoms with Crippen molar-refractivity contribution in [2.75, 3.05) is 13.1 Å². The Balaban J connectivity index is 1.62. The summed E-state index contributed by atoms with van der Waals surface area (Å²) < 4.78 is 0. The summed E-state index contributed by atoms with van der Waals surface area (Å²) >= 11 is 0. The zero-order valence-corrected chi connectivity index (χ0v) is 12.2. The molecule has 2 fully saturated rings. The molecule has 0 bridgehead atoms. The third-order valence-electron chi connectivity index (χ3n) is 4.84. The number of H-pyrrole nitrogens is 1. The maximum atomic E-state index is 12.7. The zero-order valence-electron chi connectivity index (χ0n) is 12.2. The number of amides is 1. The summed E-state index contributed by atoms with van der Waals surface area (Å²) in [5.74, 6) is 2.13. The third kappa shape index (κ3) is 3.05. The summed E-state index contributed by atoms with van der Waals surface area (Å²) in [6.07, 6.45) is 13.2. The van der Waals surface area contributed by atoms with Crippen molar-refractivity contribution in [2.24, 2.45) is 5.92 Å². The van der Waals surface area contributed by atoms with Gasteiger partial charge in [-0.2, -0.15) is 0 Å². The average molecular weight is 275 g/mol. The number of rotatable bonds is 2. The summed E-state index contributed by atoms with van der Waals surface area (Å²) in [7, 11) is 0. The monoisotopic (exact) mass is 275 g/mol. The van der Waals surface area contributed by atoms with Crippen LogP contribution in [0.1, 0.15) is 63.1 Å². The first-order valence-corrected chi connectivity index (χ1v) is 8.12. The molecule has 1 amide bonds. The van der Waals surface area contributed by atoms with Gasteiger partial charge in [0.05, 0.1) is 0 Å². The first kappa shape index (κ1) is 13.7. The van der Waals surface area contributed by atoms with Crippen molar-refractivity contribution in [3.63, 3.8) is 0 Å². The molecule has 2 aliphatic rings. The summed E-state index contributed by atoms with van der Waals surface area (Å²) in [6.45, 7) is 1.79. The van der Waals surface area contributed by atoms with Gasteiger partial charge in [-0.3, -0.25) is 4.79 Å². The van der Waals surface area contributed by atoms with Crippen molar-refractivity contribution < 1.29 is 4.79 Å². The van der Waals surface area contributed by atoms with Gasteiger partial charge in [0.1, 0.15) is 5.82 Å². The van der Waals surface area contributed by atoms with E-state index in [1.807, 2.05) is 6.20 Å². The van der Waals surface area contributed by atoms with E-state index >= 15 is 0 Å². The van der Waals surface area contributed by atoms with E-state index in [4.69, 9.17) is 0 Å². The zero-order chi connectivity index (χ0) is 13.8. The SMILES string of the molecule is O=C(C1CCCCCC1)N1CCC[C@H](c2ncc[nH]2)C1. The van der Waals surface area contributed by atoms with E-state index in [1.54, 1.807) is 6.20 Å². The van der Waals surface area contributed by atoms with Crippen molar-refractivity contribution in [1.29, 1.82) is 0 Å². The molecule has 0 spiro atoms. The number of aromatic nitrogens is 2. The fraction of sp³-hybridized carbons (Fsp3) is 0.750. The number of likely N-dealkylation sites (tertiary alicyclic amines) is 1. The number of piperidine rings is 1. The van der Waals surface area contributed by atoms with Crippen molar-refractivity contribution in [3.8, 4) is 0 Å². The molecule has 0 aromatic carbocycles. The third-order valence-corrected chi connectivity index (χ3v) is 4.84. The van der Waals surface area contributed by atoms with Gasteiger partial charge in [-0.1, -0.05) is 25.7 Å². The molecule has 20 heavy (non-hydrogen) atoms. The van der Waals surface area contributed by atoms with Gasteiger partial charge < -0.3 is 9.88 Å². The quantitative estimate of drug-likeness (QED) is 0.843. The molecule has 0 unspecified atom stereocenters. The smallest absolute Gasteiger partial charge is 0.225 e. The van der Waals surface area contributed by atoms with Gasteiger partial charge in [0, 0.05) is 37.3 Å². The number of carbonyl (C=O) groups is 1. The van der Waals surface area contributed by atoms with E-state index in [0.717, 1.165) is 44.6 Å². The van der Waals surface area contributed by atoms with E-state index in [-0.39, 0.29) is 5.92 Å². The molecule has 1 saturated carbocycles. The first-order valence-electron chi connectivity index (χ1n) is 8.12. The molecule has 1 atom stereocenters. The fourth-order valence-electron chi connectivity index (χ4n) is 3.69. The van der Waals surface area contributed by atoms with Crippen LogP contribution in [0, 0.1) is 5.92 Å². The van der Waals surface area contributed by atoms with Crippen LogP contribution in [0.15, 0.2) is 12.4 Å². The second-order valence-corrected chi connectivity index (χ2v) is 6.29. The van der Waals surface area contributed by atoms with E-state index in [2.05, 4.69) is 14.9 Å². The number of hydrogen-bond acceptors (Lipinski definition) is 2. The molecule has 1 aliphatic heterocycles. The predicted octanol–water partition coefficient (Wildman–Crippen LogP) is 3.09. The van der Waals surface area contributed by atoms with Gasteiger partial charge in [-0.15, -0.1) is 0 Å². The molecule has 1 aromatic heterocycles. The standard InChI is InChI=1S/C16H25N3O/c20-16(13-6-3-1-2-4-7-13)19-11-5-8-14(12-19)15-17-9-10-18-15/h9-10,13-14H,1-8,11-12H2,(H,17,18)/t14-/m0/s1. The van der Waals surface area contributed by atoms with Gasteiger partial charge in [0.15, 0.2) is 0 Å². The maximum Gasteiger partial charge on any atom is 0.225 e. The Labute approximate surface area is 121 Å². The van der Waals surface area contributed by atoms with E-state index in [0.29, 0.717) is 11.8 Å². The van der Waals surface area contributed by atoms with Gasteiger partial charge in [0.25, 0.3) is 0 Å². The van der Waals surface area contributed by atoms with Crippen LogP contribution in [0.25, 0.3) is 0 Å². The lowest BCUT2D eigenvalue weighted by molar-refractivity contribution is -0.137. The second kappa shape index (κ2) is 6.42. The van der Waals surface area contributed by atoms with Crippen LogP contribution >= 0.6 is 0 Å². The predicted molar refractivity (Wildman–Crippen MR) is 78.3 cm³/mol. The summed E-state index contributed by atoms with van der Waals surface area (Å²) in [4.78, 5) is 22.4. The Morgan fingerprint density at radius 1 is 1.15 bits per heavy atom. The molecule has 1 N–H and O–H groups in total. The lowest BCUT2D eigenvalue weighted by Gasteiger charge is -2.34. The molecule has 2 heterocycles.